The molecule has 0 atom stereocenters. The van der Waals surface area contributed by atoms with Crippen LogP contribution in [0, 0.1) is 18.6 Å². The number of nitrogens with zero attached hydrogens (tertiary/aromatic N) is 5. The standard InChI is InChI=1S/C14H19N5S/c1-11-5-6-12(2)13(9-11)19-14(20)18(15-16-19)10-17-7-3-4-8-17/h5-6,9H,3-4,7-8,10H2,1-2H3. The molecular formula is C14H19N5S. The fourth-order valence-electron chi connectivity index (χ4n) is 2.58. The van der Waals surface area contributed by atoms with Crippen molar-refractivity contribution in [2.45, 2.75) is 33.4 Å². The molecule has 0 saturated carbocycles. The zero-order valence-electron chi connectivity index (χ0n) is 11.9. The molecule has 1 fully saturated rings. The lowest BCUT2D eigenvalue weighted by atomic mass is 10.1. The Morgan fingerprint density at radius 2 is 1.90 bits per heavy atom. The highest BCUT2D eigenvalue weighted by molar-refractivity contribution is 7.71. The van der Waals surface area contributed by atoms with Crippen molar-refractivity contribution >= 4 is 12.2 Å². The average molecular weight is 289 g/mol. The first-order valence-electron chi connectivity index (χ1n) is 6.98. The van der Waals surface area contributed by atoms with Gasteiger partial charge in [0, 0.05) is 0 Å². The Labute approximate surface area is 123 Å². The highest BCUT2D eigenvalue weighted by atomic mass is 32.1. The van der Waals surface area contributed by atoms with Crippen LogP contribution in [-0.2, 0) is 6.67 Å². The predicted octanol–water partition coefficient (Wildman–Crippen LogP) is 2.47. The summed E-state index contributed by atoms with van der Waals surface area (Å²) in [5.41, 5.74) is 3.36. The Bertz CT molecular complexity index is 666. The van der Waals surface area contributed by atoms with Gasteiger partial charge in [0.05, 0.1) is 12.4 Å². The molecule has 6 heteroatoms. The average Bonchev–Trinajstić information content (AvgIpc) is 3.05. The minimum absolute atomic E-state index is 0.658. The first-order valence-corrected chi connectivity index (χ1v) is 7.39. The second-order valence-electron chi connectivity index (χ2n) is 5.43. The maximum absolute atomic E-state index is 5.52. The van der Waals surface area contributed by atoms with Crippen LogP contribution in [0.25, 0.3) is 5.69 Å². The maximum atomic E-state index is 5.52. The molecule has 0 spiro atoms. The highest BCUT2D eigenvalue weighted by Gasteiger charge is 2.14. The summed E-state index contributed by atoms with van der Waals surface area (Å²) in [5.74, 6) is 0. The number of hydrogen-bond donors (Lipinski definition) is 0. The van der Waals surface area contributed by atoms with E-state index in [1.165, 1.54) is 18.4 Å². The van der Waals surface area contributed by atoms with E-state index in [1.54, 1.807) is 4.68 Å². The molecule has 0 N–H and O–H groups in total. The molecule has 1 aromatic heterocycles. The lowest BCUT2D eigenvalue weighted by Crippen LogP contribution is -2.23. The van der Waals surface area contributed by atoms with Gasteiger partial charge in [-0.05, 0) is 79.6 Å². The van der Waals surface area contributed by atoms with Crippen molar-refractivity contribution in [3.8, 4) is 5.69 Å². The number of benzene rings is 1. The van der Waals surface area contributed by atoms with E-state index in [1.807, 2.05) is 4.68 Å². The van der Waals surface area contributed by atoms with Gasteiger partial charge in [-0.1, -0.05) is 12.1 Å². The molecule has 2 aromatic rings. The van der Waals surface area contributed by atoms with Crippen LogP contribution in [0.2, 0.25) is 0 Å². The van der Waals surface area contributed by atoms with Crippen molar-refractivity contribution < 1.29 is 0 Å². The van der Waals surface area contributed by atoms with E-state index < -0.39 is 0 Å². The minimum Gasteiger partial charge on any atom is -0.284 e. The fourth-order valence-corrected chi connectivity index (χ4v) is 2.80. The topological polar surface area (TPSA) is 38.9 Å². The first kappa shape index (κ1) is 13.5. The van der Waals surface area contributed by atoms with E-state index in [0.717, 1.165) is 31.0 Å². The Hall–Kier alpha value is -1.53. The summed E-state index contributed by atoms with van der Waals surface area (Å²) in [6, 6.07) is 6.28. The van der Waals surface area contributed by atoms with Crippen molar-refractivity contribution in [3.63, 3.8) is 0 Å². The van der Waals surface area contributed by atoms with Crippen LogP contribution in [-0.4, -0.2) is 37.8 Å². The SMILES string of the molecule is Cc1ccc(C)c(-n2nnn(CN3CCCC3)c2=S)c1. The van der Waals surface area contributed by atoms with Gasteiger partial charge in [-0.3, -0.25) is 4.90 Å². The third-order valence-corrected chi connectivity index (χ3v) is 4.15. The number of likely N-dealkylation sites (tertiary alicyclic amines) is 1. The third kappa shape index (κ3) is 2.53. The molecule has 5 nitrogen and oxygen atoms in total. The van der Waals surface area contributed by atoms with Gasteiger partial charge in [-0.25, -0.2) is 4.68 Å². The molecule has 0 aliphatic carbocycles. The number of aryl methyl sites for hydroxylation is 2. The second kappa shape index (κ2) is 5.46. The summed E-state index contributed by atoms with van der Waals surface area (Å²) in [6.45, 7) is 7.12. The van der Waals surface area contributed by atoms with Crippen LogP contribution in [0.1, 0.15) is 24.0 Å². The lowest BCUT2D eigenvalue weighted by Gasteiger charge is -2.13. The molecule has 1 aromatic carbocycles. The summed E-state index contributed by atoms with van der Waals surface area (Å²) in [7, 11) is 0. The van der Waals surface area contributed by atoms with Gasteiger partial charge >= 0.3 is 0 Å². The number of aromatic nitrogens is 4. The van der Waals surface area contributed by atoms with Crippen molar-refractivity contribution in [2.75, 3.05) is 13.1 Å². The second-order valence-corrected chi connectivity index (χ2v) is 5.79. The Morgan fingerprint density at radius 3 is 2.65 bits per heavy atom. The minimum atomic E-state index is 0.658. The van der Waals surface area contributed by atoms with E-state index in [0.29, 0.717) is 4.77 Å². The predicted molar refractivity (Wildman–Crippen MR) is 80.5 cm³/mol. The zero-order chi connectivity index (χ0) is 14.1. The van der Waals surface area contributed by atoms with Crippen LogP contribution in [0.3, 0.4) is 0 Å². The number of rotatable bonds is 3. The maximum Gasteiger partial charge on any atom is 0.221 e. The molecule has 0 amide bonds. The van der Waals surface area contributed by atoms with Crippen LogP contribution in [0.5, 0.6) is 0 Å². The summed E-state index contributed by atoms with van der Waals surface area (Å²) in [5, 5.41) is 8.44. The van der Waals surface area contributed by atoms with Gasteiger partial charge in [0.2, 0.25) is 4.77 Å². The molecule has 1 aliphatic rings. The Morgan fingerprint density at radius 1 is 1.15 bits per heavy atom. The van der Waals surface area contributed by atoms with E-state index in [2.05, 4.69) is 47.4 Å². The number of tetrazole rings is 1. The van der Waals surface area contributed by atoms with Gasteiger partial charge in [0.25, 0.3) is 0 Å². The van der Waals surface area contributed by atoms with Gasteiger partial charge in [-0.2, -0.15) is 4.68 Å². The normalized spacial score (nSPS) is 15.9. The molecule has 0 unspecified atom stereocenters. The van der Waals surface area contributed by atoms with Crippen molar-refractivity contribution in [1.29, 1.82) is 0 Å². The quantitative estimate of drug-likeness (QED) is 0.814. The molecule has 0 bridgehead atoms. The summed E-state index contributed by atoms with van der Waals surface area (Å²) in [6.07, 6.45) is 2.52. The Balaban J connectivity index is 1.93. The molecule has 106 valence electrons. The summed E-state index contributed by atoms with van der Waals surface area (Å²) >= 11 is 5.52. The monoisotopic (exact) mass is 289 g/mol. The van der Waals surface area contributed by atoms with E-state index >= 15 is 0 Å². The third-order valence-electron chi connectivity index (χ3n) is 3.76. The largest absolute Gasteiger partial charge is 0.284 e. The highest BCUT2D eigenvalue weighted by Crippen LogP contribution is 2.15. The van der Waals surface area contributed by atoms with Crippen molar-refractivity contribution in [3.05, 3.63) is 34.1 Å². The molecule has 1 aliphatic heterocycles. The smallest absolute Gasteiger partial charge is 0.221 e. The van der Waals surface area contributed by atoms with Crippen LogP contribution in [0.4, 0.5) is 0 Å². The fraction of sp³-hybridized carbons (Fsp3) is 0.500. The van der Waals surface area contributed by atoms with E-state index in [4.69, 9.17) is 12.2 Å². The molecule has 1 saturated heterocycles. The molecule has 0 radical (unpaired) electrons. The summed E-state index contributed by atoms with van der Waals surface area (Å²) in [4.78, 5) is 2.36. The Kier molecular flexibility index (Phi) is 3.67. The van der Waals surface area contributed by atoms with Crippen LogP contribution in [0.15, 0.2) is 18.2 Å². The molecule has 3 rings (SSSR count). The van der Waals surface area contributed by atoms with Gasteiger partial charge in [0.1, 0.15) is 0 Å². The molecule has 2 heterocycles. The zero-order valence-corrected chi connectivity index (χ0v) is 12.7. The molecule has 20 heavy (non-hydrogen) atoms. The van der Waals surface area contributed by atoms with Crippen molar-refractivity contribution in [1.82, 2.24) is 24.7 Å². The van der Waals surface area contributed by atoms with E-state index in [-0.39, 0.29) is 0 Å². The van der Waals surface area contributed by atoms with Gasteiger partial charge < -0.3 is 0 Å². The van der Waals surface area contributed by atoms with Crippen molar-refractivity contribution in [2.24, 2.45) is 0 Å². The number of hydrogen-bond acceptors (Lipinski definition) is 4. The summed E-state index contributed by atoms with van der Waals surface area (Å²) < 4.78 is 4.22. The first-order chi connectivity index (χ1) is 9.65. The van der Waals surface area contributed by atoms with Crippen LogP contribution >= 0.6 is 12.2 Å². The van der Waals surface area contributed by atoms with Gasteiger partial charge in [0.15, 0.2) is 0 Å². The molecular weight excluding hydrogens is 270 g/mol. The van der Waals surface area contributed by atoms with E-state index in [9.17, 15) is 0 Å². The lowest BCUT2D eigenvalue weighted by molar-refractivity contribution is 0.251. The van der Waals surface area contributed by atoms with Gasteiger partial charge in [-0.15, -0.1) is 0 Å². The van der Waals surface area contributed by atoms with Crippen LogP contribution < -0.4 is 0 Å².